The first kappa shape index (κ1) is 20.9. The Kier molecular flexibility index (Phi) is 5.83. The second-order valence-electron chi connectivity index (χ2n) is 8.17. The van der Waals surface area contributed by atoms with Crippen LogP contribution < -0.4 is 5.56 Å². The molecule has 1 atom stereocenters. The van der Waals surface area contributed by atoms with Gasteiger partial charge in [0.1, 0.15) is 0 Å². The number of benzene rings is 2. The first-order valence-electron chi connectivity index (χ1n) is 10.8. The molecule has 0 bridgehead atoms. The van der Waals surface area contributed by atoms with Crippen molar-refractivity contribution >= 4 is 22.5 Å². The third-order valence-corrected chi connectivity index (χ3v) is 6.46. The van der Waals surface area contributed by atoms with Crippen LogP contribution in [0.15, 0.2) is 65.6 Å². The number of rotatable bonds is 5. The first-order chi connectivity index (χ1) is 15.6. The van der Waals surface area contributed by atoms with Crippen molar-refractivity contribution < 1.29 is 9.84 Å². The van der Waals surface area contributed by atoms with Gasteiger partial charge >= 0.3 is 0 Å². The summed E-state index contributed by atoms with van der Waals surface area (Å²) in [5, 5.41) is 19.3. The minimum absolute atomic E-state index is 0.182. The number of hydrogen-bond acceptors (Lipinski definition) is 4. The number of aromatic amines is 1. The van der Waals surface area contributed by atoms with Gasteiger partial charge < -0.3 is 14.4 Å². The molecule has 4 aromatic rings. The van der Waals surface area contributed by atoms with Gasteiger partial charge in [-0.3, -0.25) is 9.89 Å². The van der Waals surface area contributed by atoms with Crippen LogP contribution in [0, 0.1) is 0 Å². The standard InChI is InChI=1S/C25H24ClN3O3/c26-20-3-1-2-19(12-20)23(15-30)29-9-6-18(14-24(29)31)17-4-5-22-21(13-17)25(28-27-22)16-7-10-32-11-8-16/h1-6,9,12-14,16,23,30H,7-8,10-11,15H2,(H,27,28). The number of ether oxygens (including phenoxy) is 1. The largest absolute Gasteiger partial charge is 0.394 e. The third kappa shape index (κ3) is 3.97. The molecule has 3 heterocycles. The summed E-state index contributed by atoms with van der Waals surface area (Å²) in [4.78, 5) is 13.0. The van der Waals surface area contributed by atoms with Crippen molar-refractivity contribution in [3.63, 3.8) is 0 Å². The molecule has 0 saturated carbocycles. The molecular formula is C25H24ClN3O3. The zero-order valence-electron chi connectivity index (χ0n) is 17.5. The van der Waals surface area contributed by atoms with E-state index in [1.807, 2.05) is 30.3 Å². The highest BCUT2D eigenvalue weighted by atomic mass is 35.5. The number of pyridine rings is 1. The maximum absolute atomic E-state index is 13.0. The molecule has 0 radical (unpaired) electrons. The fraction of sp³-hybridized carbons (Fsp3) is 0.280. The van der Waals surface area contributed by atoms with Crippen molar-refractivity contribution in [2.75, 3.05) is 19.8 Å². The van der Waals surface area contributed by atoms with E-state index >= 15 is 0 Å². The van der Waals surface area contributed by atoms with E-state index in [-0.39, 0.29) is 12.2 Å². The zero-order chi connectivity index (χ0) is 22.1. The topological polar surface area (TPSA) is 80.1 Å². The van der Waals surface area contributed by atoms with Gasteiger partial charge in [0.15, 0.2) is 0 Å². The molecule has 1 unspecified atom stereocenters. The summed E-state index contributed by atoms with van der Waals surface area (Å²) in [5.41, 5.74) is 4.45. The van der Waals surface area contributed by atoms with E-state index in [1.165, 1.54) is 0 Å². The van der Waals surface area contributed by atoms with Gasteiger partial charge in [0.25, 0.3) is 5.56 Å². The second kappa shape index (κ2) is 8.90. The van der Waals surface area contributed by atoms with Crippen molar-refractivity contribution in [3.8, 4) is 11.1 Å². The quantitative estimate of drug-likeness (QED) is 0.469. The van der Waals surface area contributed by atoms with Gasteiger partial charge in [-0.1, -0.05) is 29.8 Å². The maximum Gasteiger partial charge on any atom is 0.251 e. The van der Waals surface area contributed by atoms with Crippen molar-refractivity contribution in [2.45, 2.75) is 24.8 Å². The smallest absolute Gasteiger partial charge is 0.251 e. The SMILES string of the molecule is O=c1cc(-c2ccc3[nH]nc(C4CCOCC4)c3c2)ccn1C(CO)c1cccc(Cl)c1. The van der Waals surface area contributed by atoms with Crippen LogP contribution >= 0.6 is 11.6 Å². The average molecular weight is 450 g/mol. The first-order valence-corrected chi connectivity index (χ1v) is 11.2. The van der Waals surface area contributed by atoms with E-state index in [4.69, 9.17) is 16.3 Å². The Hall–Kier alpha value is -2.93. The number of halogens is 1. The molecule has 2 aromatic carbocycles. The minimum Gasteiger partial charge on any atom is -0.394 e. The van der Waals surface area contributed by atoms with Gasteiger partial charge in [0, 0.05) is 41.8 Å². The monoisotopic (exact) mass is 449 g/mol. The third-order valence-electron chi connectivity index (χ3n) is 6.22. The molecule has 5 rings (SSSR count). The molecule has 6 nitrogen and oxygen atoms in total. The van der Waals surface area contributed by atoms with Gasteiger partial charge in [0.05, 0.1) is 23.9 Å². The molecule has 1 aliphatic heterocycles. The molecule has 2 N–H and O–H groups in total. The molecule has 7 heteroatoms. The van der Waals surface area contributed by atoms with Crippen molar-refractivity contribution in [3.05, 3.63) is 87.4 Å². The zero-order valence-corrected chi connectivity index (χ0v) is 18.3. The van der Waals surface area contributed by atoms with Crippen LogP contribution in [0.2, 0.25) is 5.02 Å². The number of hydrogen-bond donors (Lipinski definition) is 2. The lowest BCUT2D eigenvalue weighted by molar-refractivity contribution is 0.0847. The number of aliphatic hydroxyl groups excluding tert-OH is 1. The number of H-pyrrole nitrogens is 1. The van der Waals surface area contributed by atoms with Crippen LogP contribution in [0.3, 0.4) is 0 Å². The molecule has 0 spiro atoms. The summed E-state index contributed by atoms with van der Waals surface area (Å²) in [7, 11) is 0. The van der Waals surface area contributed by atoms with E-state index in [1.54, 1.807) is 29.0 Å². The molecule has 1 fully saturated rings. The molecule has 0 amide bonds. The van der Waals surface area contributed by atoms with E-state index in [0.29, 0.717) is 10.9 Å². The van der Waals surface area contributed by atoms with Gasteiger partial charge in [-0.05, 0) is 59.9 Å². The predicted molar refractivity (Wildman–Crippen MR) is 125 cm³/mol. The maximum atomic E-state index is 13.0. The van der Waals surface area contributed by atoms with E-state index in [9.17, 15) is 9.90 Å². The Balaban J connectivity index is 1.50. The fourth-order valence-corrected chi connectivity index (χ4v) is 4.69. The van der Waals surface area contributed by atoms with Crippen LogP contribution in [-0.2, 0) is 4.74 Å². The summed E-state index contributed by atoms with van der Waals surface area (Å²) in [6.07, 6.45) is 3.66. The van der Waals surface area contributed by atoms with Crippen LogP contribution in [-0.4, -0.2) is 39.7 Å². The Morgan fingerprint density at radius 2 is 1.94 bits per heavy atom. The lowest BCUT2D eigenvalue weighted by Crippen LogP contribution is -2.26. The highest BCUT2D eigenvalue weighted by Crippen LogP contribution is 2.33. The number of nitrogens with one attached hydrogen (secondary N) is 1. The Bertz CT molecular complexity index is 1310. The van der Waals surface area contributed by atoms with Gasteiger partial charge in [0.2, 0.25) is 0 Å². The van der Waals surface area contributed by atoms with Gasteiger partial charge in [-0.25, -0.2) is 0 Å². The molecule has 1 saturated heterocycles. The summed E-state index contributed by atoms with van der Waals surface area (Å²) in [6, 6.07) is 16.3. The lowest BCUT2D eigenvalue weighted by Gasteiger charge is -2.20. The molecular weight excluding hydrogens is 426 g/mol. The van der Waals surface area contributed by atoms with Crippen LogP contribution in [0.25, 0.3) is 22.0 Å². The van der Waals surface area contributed by atoms with Crippen LogP contribution in [0.4, 0.5) is 0 Å². The van der Waals surface area contributed by atoms with Crippen molar-refractivity contribution in [1.82, 2.24) is 14.8 Å². The van der Waals surface area contributed by atoms with Crippen molar-refractivity contribution in [2.24, 2.45) is 0 Å². The summed E-state index contributed by atoms with van der Waals surface area (Å²) in [5.74, 6) is 0.378. The Morgan fingerprint density at radius 1 is 1.12 bits per heavy atom. The van der Waals surface area contributed by atoms with Gasteiger partial charge in [-0.15, -0.1) is 0 Å². The summed E-state index contributed by atoms with van der Waals surface area (Å²) >= 11 is 6.10. The van der Waals surface area contributed by atoms with E-state index in [0.717, 1.165) is 59.3 Å². The molecule has 32 heavy (non-hydrogen) atoms. The molecule has 0 aliphatic carbocycles. The number of aliphatic hydroxyl groups is 1. The summed E-state index contributed by atoms with van der Waals surface area (Å²) < 4.78 is 7.03. The number of nitrogens with zero attached hydrogens (tertiary/aromatic N) is 2. The normalized spacial score (nSPS) is 15.8. The molecule has 1 aliphatic rings. The van der Waals surface area contributed by atoms with E-state index < -0.39 is 6.04 Å². The number of fused-ring (bicyclic) bond motifs is 1. The molecule has 164 valence electrons. The highest BCUT2D eigenvalue weighted by molar-refractivity contribution is 6.30. The Morgan fingerprint density at radius 3 is 2.69 bits per heavy atom. The number of aromatic nitrogens is 3. The second-order valence-corrected chi connectivity index (χ2v) is 8.61. The summed E-state index contributed by atoms with van der Waals surface area (Å²) in [6.45, 7) is 1.32. The fourth-order valence-electron chi connectivity index (χ4n) is 4.49. The van der Waals surface area contributed by atoms with Gasteiger partial charge in [-0.2, -0.15) is 5.10 Å². The van der Waals surface area contributed by atoms with Crippen LogP contribution in [0.1, 0.15) is 36.1 Å². The lowest BCUT2D eigenvalue weighted by atomic mass is 9.93. The van der Waals surface area contributed by atoms with Crippen LogP contribution in [0.5, 0.6) is 0 Å². The van der Waals surface area contributed by atoms with Crippen molar-refractivity contribution in [1.29, 1.82) is 0 Å². The van der Waals surface area contributed by atoms with E-state index in [2.05, 4.69) is 16.3 Å². The predicted octanol–water partition coefficient (Wildman–Crippen LogP) is 4.52. The minimum atomic E-state index is -0.494. The molecule has 2 aromatic heterocycles. The highest BCUT2D eigenvalue weighted by Gasteiger charge is 2.21. The average Bonchev–Trinajstić information content (AvgIpc) is 3.24. The Labute approximate surface area is 190 Å².